The van der Waals surface area contributed by atoms with E-state index >= 15 is 0 Å². The Hall–Kier alpha value is -3.13. The van der Waals surface area contributed by atoms with Crippen molar-refractivity contribution in [1.82, 2.24) is 5.16 Å². The number of amides is 1. The van der Waals surface area contributed by atoms with Gasteiger partial charge in [-0.1, -0.05) is 5.16 Å². The van der Waals surface area contributed by atoms with Gasteiger partial charge in [0.15, 0.2) is 11.5 Å². The summed E-state index contributed by atoms with van der Waals surface area (Å²) in [6, 6.07) is 7.40. The third-order valence-electron chi connectivity index (χ3n) is 5.46. The van der Waals surface area contributed by atoms with E-state index in [0.29, 0.717) is 16.3 Å². The molecule has 0 saturated heterocycles. The quantitative estimate of drug-likeness (QED) is 0.630. The highest BCUT2D eigenvalue weighted by Gasteiger charge is 2.29. The van der Waals surface area contributed by atoms with Gasteiger partial charge < -0.3 is 19.3 Å². The lowest BCUT2D eigenvalue weighted by Crippen LogP contribution is -2.14. The molecule has 1 aromatic carbocycles. The second-order valence-corrected chi connectivity index (χ2v) is 8.64. The van der Waals surface area contributed by atoms with Crippen LogP contribution in [0.15, 0.2) is 28.8 Å². The number of fused-ring (bicyclic) bond motifs is 2. The first kappa shape index (κ1) is 18.9. The molecule has 5 rings (SSSR count). The molecule has 1 N–H and O–H groups in total. The van der Waals surface area contributed by atoms with E-state index in [1.165, 1.54) is 18.4 Å². The van der Waals surface area contributed by atoms with Crippen molar-refractivity contribution in [2.45, 2.75) is 38.7 Å². The third-order valence-corrected chi connectivity index (χ3v) is 6.67. The number of nitrogens with one attached hydrogen (secondary N) is 1. The van der Waals surface area contributed by atoms with E-state index < -0.39 is 11.9 Å². The number of anilines is 1. The highest BCUT2D eigenvalue weighted by atomic mass is 32.1. The molecule has 3 heterocycles. The van der Waals surface area contributed by atoms with E-state index in [2.05, 4.69) is 10.5 Å². The van der Waals surface area contributed by atoms with Crippen LogP contribution in [-0.2, 0) is 24.0 Å². The largest absolute Gasteiger partial charge is 0.490 e. The average molecular weight is 424 g/mol. The fourth-order valence-electron chi connectivity index (χ4n) is 4.07. The van der Waals surface area contributed by atoms with Crippen LogP contribution in [0.5, 0.6) is 5.75 Å². The molecule has 7 nitrogen and oxygen atoms in total. The summed E-state index contributed by atoms with van der Waals surface area (Å²) in [6.07, 6.45) is 3.73. The molecule has 0 radical (unpaired) electrons. The summed E-state index contributed by atoms with van der Waals surface area (Å²) < 4.78 is 16.1. The molecule has 154 valence electrons. The average Bonchev–Trinajstić information content (AvgIpc) is 3.49. The summed E-state index contributed by atoms with van der Waals surface area (Å²) in [7, 11) is 1.35. The predicted octanol–water partition coefficient (Wildman–Crippen LogP) is 4.25. The Morgan fingerprint density at radius 3 is 2.97 bits per heavy atom. The third kappa shape index (κ3) is 3.17. The van der Waals surface area contributed by atoms with Gasteiger partial charge in [-0.2, -0.15) is 0 Å². The maximum Gasteiger partial charge on any atom is 0.341 e. The zero-order valence-electron chi connectivity index (χ0n) is 16.6. The predicted molar refractivity (Wildman–Crippen MR) is 111 cm³/mol. The van der Waals surface area contributed by atoms with E-state index in [-0.39, 0.29) is 11.8 Å². The number of methoxy groups -OCH3 is 1. The molecule has 0 saturated carbocycles. The van der Waals surface area contributed by atoms with Gasteiger partial charge in [0.2, 0.25) is 0 Å². The molecule has 2 aromatic heterocycles. The maximum atomic E-state index is 12.8. The molecular weight excluding hydrogens is 404 g/mol. The fraction of sp³-hybridized carbons (Fsp3) is 0.318. The highest BCUT2D eigenvalue weighted by molar-refractivity contribution is 7.17. The van der Waals surface area contributed by atoms with Crippen LogP contribution in [0.2, 0.25) is 0 Å². The second kappa shape index (κ2) is 7.28. The Kier molecular flexibility index (Phi) is 4.58. The van der Waals surface area contributed by atoms with Gasteiger partial charge in [0.05, 0.1) is 12.7 Å². The number of benzene rings is 1. The Morgan fingerprint density at radius 1 is 1.27 bits per heavy atom. The first-order valence-electron chi connectivity index (χ1n) is 9.84. The summed E-state index contributed by atoms with van der Waals surface area (Å²) >= 11 is 1.43. The minimum Gasteiger partial charge on any atom is -0.490 e. The monoisotopic (exact) mass is 424 g/mol. The smallest absolute Gasteiger partial charge is 0.341 e. The molecule has 1 aliphatic heterocycles. The minimum absolute atomic E-state index is 0.152. The van der Waals surface area contributed by atoms with Crippen molar-refractivity contribution in [2.75, 3.05) is 12.4 Å². The van der Waals surface area contributed by atoms with Gasteiger partial charge in [-0.05, 0) is 55.5 Å². The van der Waals surface area contributed by atoms with Crippen molar-refractivity contribution in [1.29, 1.82) is 0 Å². The topological polar surface area (TPSA) is 90.7 Å². The van der Waals surface area contributed by atoms with Crippen molar-refractivity contribution < 1.29 is 23.6 Å². The molecule has 30 heavy (non-hydrogen) atoms. The molecule has 1 aliphatic carbocycles. The highest BCUT2D eigenvalue weighted by Crippen LogP contribution is 2.40. The van der Waals surface area contributed by atoms with Gasteiger partial charge >= 0.3 is 5.97 Å². The normalized spacial score (nSPS) is 16.7. The lowest BCUT2D eigenvalue weighted by Gasteiger charge is -2.05. The van der Waals surface area contributed by atoms with Crippen molar-refractivity contribution in [3.8, 4) is 17.1 Å². The van der Waals surface area contributed by atoms with E-state index in [0.717, 1.165) is 53.0 Å². The van der Waals surface area contributed by atoms with E-state index in [9.17, 15) is 9.59 Å². The number of carbonyl (C=O) groups is 2. The molecular formula is C22H20N2O5S. The van der Waals surface area contributed by atoms with Crippen LogP contribution >= 0.6 is 11.3 Å². The lowest BCUT2D eigenvalue weighted by atomic mass is 10.1. The number of nitrogens with zero attached hydrogens (tertiary/aromatic N) is 1. The summed E-state index contributed by atoms with van der Waals surface area (Å²) in [6.45, 7) is 2.03. The van der Waals surface area contributed by atoms with E-state index in [4.69, 9.17) is 14.0 Å². The Morgan fingerprint density at radius 2 is 2.13 bits per heavy atom. The second-order valence-electron chi connectivity index (χ2n) is 7.54. The van der Waals surface area contributed by atoms with Crippen LogP contribution < -0.4 is 10.1 Å². The number of rotatable bonds is 4. The molecule has 1 atom stereocenters. The van der Waals surface area contributed by atoms with Gasteiger partial charge in [-0.15, -0.1) is 11.3 Å². The number of esters is 1. The van der Waals surface area contributed by atoms with Crippen molar-refractivity contribution in [3.05, 3.63) is 51.5 Å². The molecule has 0 spiro atoms. The number of carbonyl (C=O) groups excluding carboxylic acids is 2. The summed E-state index contributed by atoms with van der Waals surface area (Å²) in [5, 5.41) is 7.25. The molecule has 3 aromatic rings. The zero-order valence-corrected chi connectivity index (χ0v) is 17.4. The van der Waals surface area contributed by atoms with Crippen LogP contribution in [0.25, 0.3) is 11.3 Å². The van der Waals surface area contributed by atoms with Crippen LogP contribution in [0.1, 0.15) is 50.2 Å². The molecule has 8 heteroatoms. The van der Waals surface area contributed by atoms with Crippen molar-refractivity contribution in [3.63, 3.8) is 0 Å². The SMILES string of the molecule is COC(=O)c1c(NC(=O)c2cc(-c3ccc4c(c3)CC(C)O4)on2)sc2c1CCC2. The number of ether oxygens (including phenoxy) is 2. The van der Waals surface area contributed by atoms with Gasteiger partial charge in [-0.25, -0.2) is 4.79 Å². The standard InChI is InChI=1S/C22H20N2O5S/c1-11-8-13-9-12(6-7-16(13)28-11)17-10-15(24-29-17)20(25)23-21-19(22(26)27-2)14-4-3-5-18(14)30-21/h6-7,9-11H,3-5,8H2,1-2H3,(H,23,25). The van der Waals surface area contributed by atoms with Crippen LogP contribution in [0.4, 0.5) is 5.00 Å². The molecule has 0 bridgehead atoms. The van der Waals surface area contributed by atoms with Crippen LogP contribution in [0, 0.1) is 0 Å². The number of aryl methyl sites for hydroxylation is 1. The van der Waals surface area contributed by atoms with Gasteiger partial charge in [0, 0.05) is 22.9 Å². The van der Waals surface area contributed by atoms with Crippen molar-refractivity contribution in [2.24, 2.45) is 0 Å². The van der Waals surface area contributed by atoms with E-state index in [1.54, 1.807) is 6.07 Å². The Labute approximate surface area is 177 Å². The number of thiophene rings is 1. The van der Waals surface area contributed by atoms with Gasteiger partial charge in [0.1, 0.15) is 16.9 Å². The number of aromatic nitrogens is 1. The molecule has 0 fully saturated rings. The van der Waals surface area contributed by atoms with Crippen molar-refractivity contribution >= 4 is 28.2 Å². The molecule has 1 unspecified atom stereocenters. The molecule has 2 aliphatic rings. The summed E-state index contributed by atoms with van der Waals surface area (Å²) in [5.74, 6) is 0.530. The van der Waals surface area contributed by atoms with Crippen LogP contribution in [-0.4, -0.2) is 30.2 Å². The Balaban J connectivity index is 1.39. The fourth-order valence-corrected chi connectivity index (χ4v) is 5.34. The van der Waals surface area contributed by atoms with Gasteiger partial charge in [0.25, 0.3) is 5.91 Å². The first-order chi connectivity index (χ1) is 14.5. The summed E-state index contributed by atoms with van der Waals surface area (Å²) in [4.78, 5) is 26.2. The lowest BCUT2D eigenvalue weighted by molar-refractivity contribution is 0.0601. The first-order valence-corrected chi connectivity index (χ1v) is 10.7. The van der Waals surface area contributed by atoms with E-state index in [1.807, 2.05) is 25.1 Å². The number of hydrogen-bond acceptors (Lipinski definition) is 7. The van der Waals surface area contributed by atoms with Crippen LogP contribution in [0.3, 0.4) is 0 Å². The minimum atomic E-state index is -0.430. The Bertz CT molecular complexity index is 1160. The molecule has 1 amide bonds. The summed E-state index contributed by atoms with van der Waals surface area (Å²) in [5.41, 5.74) is 3.54. The van der Waals surface area contributed by atoms with Gasteiger partial charge in [-0.3, -0.25) is 4.79 Å². The zero-order chi connectivity index (χ0) is 20.8. The maximum absolute atomic E-state index is 12.8. The number of hydrogen-bond donors (Lipinski definition) is 1.